The highest BCUT2D eigenvalue weighted by molar-refractivity contribution is 5.82. The number of halogens is 1. The Labute approximate surface area is 121 Å². The molecule has 21 heavy (non-hydrogen) atoms. The van der Waals surface area contributed by atoms with Crippen LogP contribution < -0.4 is 5.32 Å². The molecule has 0 bridgehead atoms. The van der Waals surface area contributed by atoms with Gasteiger partial charge < -0.3 is 5.32 Å². The van der Waals surface area contributed by atoms with Crippen LogP contribution in [-0.4, -0.2) is 9.78 Å². The van der Waals surface area contributed by atoms with Gasteiger partial charge in [-0.15, -0.1) is 0 Å². The first-order valence-electron chi connectivity index (χ1n) is 6.53. The third-order valence-electron chi connectivity index (χ3n) is 3.38. The molecule has 0 amide bonds. The fourth-order valence-electron chi connectivity index (χ4n) is 2.33. The first-order valence-corrected chi connectivity index (χ1v) is 6.53. The Hall–Kier alpha value is -2.87. The second-order valence-corrected chi connectivity index (χ2v) is 4.75. The van der Waals surface area contributed by atoms with Crippen molar-refractivity contribution in [3.63, 3.8) is 0 Å². The molecular weight excluding hydrogens is 267 g/mol. The van der Waals surface area contributed by atoms with Crippen molar-refractivity contribution in [3.8, 4) is 6.07 Å². The number of benzene rings is 2. The van der Waals surface area contributed by atoms with Gasteiger partial charge in [-0.25, -0.2) is 4.39 Å². The van der Waals surface area contributed by atoms with E-state index in [1.54, 1.807) is 6.07 Å². The third kappa shape index (κ3) is 2.43. The maximum Gasteiger partial charge on any atom is 0.141 e. The van der Waals surface area contributed by atoms with Gasteiger partial charge in [-0.3, -0.25) is 4.68 Å². The van der Waals surface area contributed by atoms with Crippen LogP contribution in [0.15, 0.2) is 42.5 Å². The van der Waals surface area contributed by atoms with Gasteiger partial charge in [0.1, 0.15) is 11.9 Å². The molecule has 0 saturated carbocycles. The molecule has 1 aromatic heterocycles. The Morgan fingerprint density at radius 1 is 1.29 bits per heavy atom. The molecule has 0 saturated heterocycles. The third-order valence-corrected chi connectivity index (χ3v) is 3.38. The molecule has 2 aromatic carbocycles. The largest absolute Gasteiger partial charge is 0.379 e. The van der Waals surface area contributed by atoms with Gasteiger partial charge in [0, 0.05) is 18.1 Å². The predicted octanol–water partition coefficient (Wildman–Crippen LogP) is 3.20. The summed E-state index contributed by atoms with van der Waals surface area (Å²) >= 11 is 0. The molecule has 5 heteroatoms. The summed E-state index contributed by atoms with van der Waals surface area (Å²) in [6, 6.07) is 14.2. The number of nitriles is 1. The van der Waals surface area contributed by atoms with Gasteiger partial charge in [0.25, 0.3) is 0 Å². The van der Waals surface area contributed by atoms with E-state index in [-0.39, 0.29) is 5.56 Å². The minimum absolute atomic E-state index is 0.0332. The van der Waals surface area contributed by atoms with Gasteiger partial charge in [-0.05, 0) is 24.3 Å². The van der Waals surface area contributed by atoms with Gasteiger partial charge in [0.2, 0.25) is 0 Å². The molecule has 0 unspecified atom stereocenters. The van der Waals surface area contributed by atoms with E-state index in [2.05, 4.69) is 10.4 Å². The van der Waals surface area contributed by atoms with Crippen molar-refractivity contribution in [3.05, 3.63) is 59.5 Å². The van der Waals surface area contributed by atoms with Crippen LogP contribution in [0.25, 0.3) is 10.9 Å². The highest BCUT2D eigenvalue weighted by Crippen LogP contribution is 2.19. The van der Waals surface area contributed by atoms with Crippen LogP contribution in [0.3, 0.4) is 0 Å². The van der Waals surface area contributed by atoms with Crippen LogP contribution in [-0.2, 0) is 13.6 Å². The van der Waals surface area contributed by atoms with Crippen molar-refractivity contribution in [2.24, 2.45) is 7.05 Å². The first kappa shape index (κ1) is 13.1. The molecule has 1 heterocycles. The number of para-hydroxylation sites is 1. The second kappa shape index (κ2) is 5.25. The molecule has 0 spiro atoms. The maximum atomic E-state index is 13.3. The average molecular weight is 280 g/mol. The van der Waals surface area contributed by atoms with Gasteiger partial charge in [-0.1, -0.05) is 18.2 Å². The van der Waals surface area contributed by atoms with E-state index >= 15 is 0 Å². The Kier molecular flexibility index (Phi) is 3.28. The van der Waals surface area contributed by atoms with Crippen LogP contribution >= 0.6 is 0 Å². The summed E-state index contributed by atoms with van der Waals surface area (Å²) in [5, 5.41) is 17.6. The highest BCUT2D eigenvalue weighted by Gasteiger charge is 2.08. The number of aromatic nitrogens is 2. The topological polar surface area (TPSA) is 53.6 Å². The molecule has 0 aliphatic carbocycles. The van der Waals surface area contributed by atoms with E-state index in [0.29, 0.717) is 12.2 Å². The molecule has 0 fully saturated rings. The van der Waals surface area contributed by atoms with Crippen molar-refractivity contribution in [2.75, 3.05) is 5.32 Å². The van der Waals surface area contributed by atoms with Crippen LogP contribution in [0.1, 0.15) is 11.3 Å². The molecule has 0 atom stereocenters. The molecule has 0 aliphatic rings. The zero-order chi connectivity index (χ0) is 14.8. The van der Waals surface area contributed by atoms with E-state index in [0.717, 1.165) is 16.6 Å². The molecular formula is C16H13FN4. The molecule has 0 radical (unpaired) electrons. The lowest BCUT2D eigenvalue weighted by atomic mass is 10.2. The van der Waals surface area contributed by atoms with Crippen molar-refractivity contribution < 1.29 is 4.39 Å². The highest BCUT2D eigenvalue weighted by atomic mass is 19.1. The average Bonchev–Trinajstić information content (AvgIpc) is 2.83. The standard InChI is InChI=1S/C16H13FN4/c1-21-16-5-3-2-4-13(16)15(20-21)10-19-12-6-7-14(17)11(8-12)9-18/h2-8,19H,10H2,1H3. The van der Waals surface area contributed by atoms with E-state index in [1.165, 1.54) is 12.1 Å². The number of hydrogen-bond donors (Lipinski definition) is 1. The fourth-order valence-corrected chi connectivity index (χ4v) is 2.33. The molecule has 104 valence electrons. The Morgan fingerprint density at radius 2 is 2.10 bits per heavy atom. The van der Waals surface area contributed by atoms with Crippen molar-refractivity contribution in [2.45, 2.75) is 6.54 Å². The second-order valence-electron chi connectivity index (χ2n) is 4.75. The SMILES string of the molecule is Cn1nc(CNc2ccc(F)c(C#N)c2)c2ccccc21. The predicted molar refractivity (Wildman–Crippen MR) is 79.2 cm³/mol. The minimum Gasteiger partial charge on any atom is -0.379 e. The summed E-state index contributed by atoms with van der Waals surface area (Å²) in [6.07, 6.45) is 0. The smallest absolute Gasteiger partial charge is 0.141 e. The summed E-state index contributed by atoms with van der Waals surface area (Å²) in [6.45, 7) is 0.512. The lowest BCUT2D eigenvalue weighted by Crippen LogP contribution is -2.02. The lowest BCUT2D eigenvalue weighted by molar-refractivity contribution is 0.624. The van der Waals surface area contributed by atoms with Crippen LogP contribution in [0, 0.1) is 17.1 Å². The normalized spacial score (nSPS) is 10.5. The molecule has 3 rings (SSSR count). The summed E-state index contributed by atoms with van der Waals surface area (Å²) in [5.41, 5.74) is 2.70. The molecule has 4 nitrogen and oxygen atoms in total. The lowest BCUT2D eigenvalue weighted by Gasteiger charge is -2.05. The zero-order valence-electron chi connectivity index (χ0n) is 11.5. The van der Waals surface area contributed by atoms with E-state index in [4.69, 9.17) is 5.26 Å². The number of rotatable bonds is 3. The molecule has 3 aromatic rings. The minimum atomic E-state index is -0.508. The maximum absolute atomic E-state index is 13.3. The zero-order valence-corrected chi connectivity index (χ0v) is 11.5. The molecule has 0 aliphatic heterocycles. The van der Waals surface area contributed by atoms with E-state index in [1.807, 2.05) is 42.1 Å². The van der Waals surface area contributed by atoms with Gasteiger partial charge >= 0.3 is 0 Å². The van der Waals surface area contributed by atoms with Crippen molar-refractivity contribution >= 4 is 16.6 Å². The Morgan fingerprint density at radius 3 is 2.90 bits per heavy atom. The number of nitrogens with one attached hydrogen (secondary N) is 1. The van der Waals surface area contributed by atoms with Crippen LogP contribution in [0.5, 0.6) is 0 Å². The van der Waals surface area contributed by atoms with Gasteiger partial charge in [0.15, 0.2) is 0 Å². The summed E-state index contributed by atoms with van der Waals surface area (Å²) in [7, 11) is 1.90. The quantitative estimate of drug-likeness (QED) is 0.801. The number of aryl methyl sites for hydroxylation is 1. The van der Waals surface area contributed by atoms with Gasteiger partial charge in [0.05, 0.1) is 23.3 Å². The number of fused-ring (bicyclic) bond motifs is 1. The molecule has 1 N–H and O–H groups in total. The van der Waals surface area contributed by atoms with Crippen LogP contribution in [0.2, 0.25) is 0 Å². The van der Waals surface area contributed by atoms with Crippen LogP contribution in [0.4, 0.5) is 10.1 Å². The monoisotopic (exact) mass is 280 g/mol. The Balaban J connectivity index is 1.86. The summed E-state index contributed by atoms with van der Waals surface area (Å²) < 4.78 is 15.1. The number of nitrogens with zero attached hydrogens (tertiary/aromatic N) is 3. The summed E-state index contributed by atoms with van der Waals surface area (Å²) in [4.78, 5) is 0. The van der Waals surface area contributed by atoms with Gasteiger partial charge in [-0.2, -0.15) is 10.4 Å². The Bertz CT molecular complexity index is 845. The van der Waals surface area contributed by atoms with Crippen molar-refractivity contribution in [1.29, 1.82) is 5.26 Å². The first-order chi connectivity index (χ1) is 10.2. The summed E-state index contributed by atoms with van der Waals surface area (Å²) in [5.74, 6) is -0.508. The van der Waals surface area contributed by atoms with E-state index in [9.17, 15) is 4.39 Å². The van der Waals surface area contributed by atoms with E-state index < -0.39 is 5.82 Å². The number of anilines is 1. The fraction of sp³-hybridized carbons (Fsp3) is 0.125. The number of hydrogen-bond acceptors (Lipinski definition) is 3. The van der Waals surface area contributed by atoms with Crippen molar-refractivity contribution in [1.82, 2.24) is 9.78 Å².